The Morgan fingerprint density at radius 2 is 2.10 bits per heavy atom. The summed E-state index contributed by atoms with van der Waals surface area (Å²) in [7, 11) is 0. The largest absolute Gasteiger partial charge is 0.397 e. The molecule has 1 aliphatic heterocycles. The van der Waals surface area contributed by atoms with Crippen molar-refractivity contribution in [3.05, 3.63) is 42.0 Å². The molecular weight excluding hydrogens is 264 g/mol. The summed E-state index contributed by atoms with van der Waals surface area (Å²) < 4.78 is 1.99. The number of nitrogen functional groups attached to an aromatic ring is 1. The highest BCUT2D eigenvalue weighted by atomic mass is 15.5. The van der Waals surface area contributed by atoms with Gasteiger partial charge in [0, 0.05) is 29.2 Å². The molecule has 0 amide bonds. The summed E-state index contributed by atoms with van der Waals surface area (Å²) in [4.78, 5) is 6.47. The van der Waals surface area contributed by atoms with Crippen molar-refractivity contribution >= 4 is 22.1 Å². The van der Waals surface area contributed by atoms with Crippen LogP contribution >= 0.6 is 0 Å². The van der Waals surface area contributed by atoms with Crippen LogP contribution in [0, 0.1) is 6.92 Å². The van der Waals surface area contributed by atoms with Gasteiger partial charge in [0.15, 0.2) is 0 Å². The zero-order valence-corrected chi connectivity index (χ0v) is 11.8. The molecule has 6 nitrogen and oxygen atoms in total. The fraction of sp³-hybridized carbons (Fsp3) is 0.267. The average Bonchev–Trinajstić information content (AvgIpc) is 2.88. The molecule has 0 saturated heterocycles. The molecule has 0 fully saturated rings. The van der Waals surface area contributed by atoms with E-state index < -0.39 is 0 Å². The highest BCUT2D eigenvalue weighted by molar-refractivity contribution is 5.94. The second kappa shape index (κ2) is 4.44. The molecule has 2 aromatic heterocycles. The first-order chi connectivity index (χ1) is 10.2. The van der Waals surface area contributed by atoms with E-state index in [1.54, 1.807) is 6.20 Å². The van der Waals surface area contributed by atoms with Crippen molar-refractivity contribution in [1.82, 2.24) is 20.0 Å². The number of rotatable bonds is 1. The van der Waals surface area contributed by atoms with E-state index >= 15 is 0 Å². The van der Waals surface area contributed by atoms with Crippen molar-refractivity contribution in [3.8, 4) is 0 Å². The summed E-state index contributed by atoms with van der Waals surface area (Å²) in [5, 5.41) is 10.4. The Morgan fingerprint density at radius 1 is 1.19 bits per heavy atom. The predicted octanol–water partition coefficient (Wildman–Crippen LogP) is 1.74. The first-order valence-corrected chi connectivity index (χ1v) is 6.99. The lowest BCUT2D eigenvalue weighted by atomic mass is 10.1. The van der Waals surface area contributed by atoms with Crippen LogP contribution in [-0.4, -0.2) is 26.5 Å². The predicted molar refractivity (Wildman–Crippen MR) is 82.0 cm³/mol. The van der Waals surface area contributed by atoms with E-state index in [9.17, 15) is 0 Å². The second-order valence-corrected chi connectivity index (χ2v) is 5.40. The van der Waals surface area contributed by atoms with E-state index in [1.807, 2.05) is 17.8 Å². The first-order valence-electron chi connectivity index (χ1n) is 6.99. The number of aromatic nitrogens is 4. The van der Waals surface area contributed by atoms with Gasteiger partial charge in [0.1, 0.15) is 0 Å². The molecule has 3 heterocycles. The van der Waals surface area contributed by atoms with Crippen molar-refractivity contribution in [3.63, 3.8) is 0 Å². The lowest BCUT2D eigenvalue weighted by Gasteiger charge is -2.29. The molecule has 0 saturated carbocycles. The van der Waals surface area contributed by atoms with Crippen LogP contribution < -0.4 is 10.6 Å². The fourth-order valence-corrected chi connectivity index (χ4v) is 2.86. The lowest BCUT2D eigenvalue weighted by Crippen LogP contribution is -2.34. The summed E-state index contributed by atoms with van der Waals surface area (Å²) in [5.74, 6) is 0. The molecule has 0 aliphatic carbocycles. The number of hydrogen-bond acceptors (Lipinski definition) is 5. The lowest BCUT2D eigenvalue weighted by molar-refractivity contribution is 0.508. The summed E-state index contributed by atoms with van der Waals surface area (Å²) in [5.41, 5.74) is 10.1. The Morgan fingerprint density at radius 3 is 3.00 bits per heavy atom. The molecule has 0 atom stereocenters. The molecular formula is C15H16N6. The summed E-state index contributed by atoms with van der Waals surface area (Å²) in [6, 6.07) is 6.34. The Hall–Kier alpha value is -2.63. The fourth-order valence-electron chi connectivity index (χ4n) is 2.86. The standard InChI is InChI=1S/C15H16N6/c1-10-15-9-20(4-5-21(15)19-18-10)12-3-2-11-7-17-8-14(16)13(11)6-12/h2-3,6-8H,4-5,9,16H2,1H3. The van der Waals surface area contributed by atoms with Crippen LogP contribution in [0.1, 0.15) is 11.4 Å². The van der Waals surface area contributed by atoms with Gasteiger partial charge in [0.25, 0.3) is 0 Å². The van der Waals surface area contributed by atoms with Crippen LogP contribution in [0.15, 0.2) is 30.6 Å². The summed E-state index contributed by atoms with van der Waals surface area (Å²) in [6.07, 6.45) is 3.54. The van der Waals surface area contributed by atoms with Crippen LogP contribution in [0.3, 0.4) is 0 Å². The normalized spacial score (nSPS) is 14.4. The van der Waals surface area contributed by atoms with Crippen LogP contribution in [0.4, 0.5) is 11.4 Å². The van der Waals surface area contributed by atoms with Gasteiger partial charge >= 0.3 is 0 Å². The molecule has 6 heteroatoms. The molecule has 0 radical (unpaired) electrons. The van der Waals surface area contributed by atoms with Crippen molar-refractivity contribution in [1.29, 1.82) is 0 Å². The Balaban J connectivity index is 1.74. The zero-order valence-electron chi connectivity index (χ0n) is 11.8. The molecule has 0 unspecified atom stereocenters. The van der Waals surface area contributed by atoms with Gasteiger partial charge in [-0.05, 0) is 19.1 Å². The van der Waals surface area contributed by atoms with Crippen molar-refractivity contribution in [2.75, 3.05) is 17.2 Å². The van der Waals surface area contributed by atoms with Crippen molar-refractivity contribution in [2.45, 2.75) is 20.0 Å². The van der Waals surface area contributed by atoms with Gasteiger partial charge in [-0.25, -0.2) is 4.68 Å². The second-order valence-electron chi connectivity index (χ2n) is 5.40. The summed E-state index contributed by atoms with van der Waals surface area (Å²) in [6.45, 7) is 4.62. The molecule has 0 spiro atoms. The number of pyridine rings is 1. The van der Waals surface area contributed by atoms with Crippen LogP contribution in [-0.2, 0) is 13.1 Å². The number of anilines is 2. The highest BCUT2D eigenvalue weighted by Crippen LogP contribution is 2.28. The van der Waals surface area contributed by atoms with Gasteiger partial charge in [-0.1, -0.05) is 11.3 Å². The molecule has 1 aromatic carbocycles. The summed E-state index contributed by atoms with van der Waals surface area (Å²) >= 11 is 0. The Kier molecular flexibility index (Phi) is 2.57. The van der Waals surface area contributed by atoms with Gasteiger partial charge in [0.05, 0.1) is 36.4 Å². The maximum Gasteiger partial charge on any atom is 0.0846 e. The molecule has 1 aliphatic rings. The number of aryl methyl sites for hydroxylation is 1. The smallest absolute Gasteiger partial charge is 0.0846 e. The number of benzene rings is 1. The third kappa shape index (κ3) is 1.91. The van der Waals surface area contributed by atoms with E-state index in [1.165, 1.54) is 11.4 Å². The van der Waals surface area contributed by atoms with Crippen LogP contribution in [0.25, 0.3) is 10.8 Å². The van der Waals surface area contributed by atoms with E-state index in [-0.39, 0.29) is 0 Å². The topological polar surface area (TPSA) is 72.9 Å². The van der Waals surface area contributed by atoms with Crippen molar-refractivity contribution < 1.29 is 0 Å². The van der Waals surface area contributed by atoms with Gasteiger partial charge in [0.2, 0.25) is 0 Å². The minimum Gasteiger partial charge on any atom is -0.397 e. The SMILES string of the molecule is Cc1nnn2c1CN(c1ccc3cncc(N)c3c1)CC2. The molecule has 0 bridgehead atoms. The van der Waals surface area contributed by atoms with Gasteiger partial charge in [-0.15, -0.1) is 5.10 Å². The highest BCUT2D eigenvalue weighted by Gasteiger charge is 2.20. The quantitative estimate of drug-likeness (QED) is 0.735. The Labute approximate surface area is 122 Å². The molecule has 106 valence electrons. The minimum absolute atomic E-state index is 0.717. The zero-order chi connectivity index (χ0) is 14.4. The maximum absolute atomic E-state index is 6.03. The van der Waals surface area contributed by atoms with E-state index in [0.717, 1.165) is 36.1 Å². The number of nitrogens with two attached hydrogens (primary N) is 1. The number of hydrogen-bond donors (Lipinski definition) is 1. The third-order valence-corrected chi connectivity index (χ3v) is 4.09. The van der Waals surface area contributed by atoms with E-state index in [2.05, 4.69) is 38.4 Å². The number of nitrogens with zero attached hydrogens (tertiary/aromatic N) is 5. The average molecular weight is 280 g/mol. The Bertz CT molecular complexity index is 822. The molecule has 3 aromatic rings. The molecule has 4 rings (SSSR count). The molecule has 2 N–H and O–H groups in total. The third-order valence-electron chi connectivity index (χ3n) is 4.09. The first kappa shape index (κ1) is 12.1. The van der Waals surface area contributed by atoms with Crippen LogP contribution in [0.2, 0.25) is 0 Å². The van der Waals surface area contributed by atoms with E-state index in [4.69, 9.17) is 5.73 Å². The van der Waals surface area contributed by atoms with Gasteiger partial charge < -0.3 is 10.6 Å². The maximum atomic E-state index is 6.03. The monoisotopic (exact) mass is 280 g/mol. The minimum atomic E-state index is 0.717. The van der Waals surface area contributed by atoms with Crippen LogP contribution in [0.5, 0.6) is 0 Å². The van der Waals surface area contributed by atoms with E-state index in [0.29, 0.717) is 5.69 Å². The van der Waals surface area contributed by atoms with Gasteiger partial charge in [-0.2, -0.15) is 0 Å². The van der Waals surface area contributed by atoms with Crippen molar-refractivity contribution in [2.24, 2.45) is 0 Å². The molecule has 21 heavy (non-hydrogen) atoms. The number of fused-ring (bicyclic) bond motifs is 2. The van der Waals surface area contributed by atoms with Gasteiger partial charge in [-0.3, -0.25) is 4.98 Å².